The molecule has 92 valence electrons. The summed E-state index contributed by atoms with van der Waals surface area (Å²) in [5.41, 5.74) is 1.95. The van der Waals surface area contributed by atoms with E-state index in [1.54, 1.807) is 7.05 Å². The van der Waals surface area contributed by atoms with Crippen molar-refractivity contribution < 1.29 is 9.90 Å². The number of aliphatic carboxylic acids is 1. The van der Waals surface area contributed by atoms with Gasteiger partial charge < -0.3 is 5.11 Å². The molecule has 17 heavy (non-hydrogen) atoms. The average Bonchev–Trinajstić information content (AvgIpc) is 2.26. The molecule has 0 heterocycles. The average molecular weight is 235 g/mol. The number of carboxylic acid groups (broad SMARTS) is 1. The van der Waals surface area contributed by atoms with Crippen LogP contribution in [-0.4, -0.2) is 29.7 Å². The van der Waals surface area contributed by atoms with Crippen molar-refractivity contribution in [1.82, 2.24) is 5.01 Å². The normalized spacial score (nSPS) is 11.1. The SMILES string of the molecule is CC(C)c1ccc(/N=N/N(C)CC(=O)O)cc1. The van der Waals surface area contributed by atoms with E-state index in [9.17, 15) is 4.79 Å². The first-order valence-electron chi connectivity index (χ1n) is 5.43. The van der Waals surface area contributed by atoms with E-state index in [2.05, 4.69) is 24.2 Å². The standard InChI is InChI=1S/C12H17N3O2/c1-9(2)10-4-6-11(7-5-10)13-14-15(3)8-12(16)17/h4-7,9H,8H2,1-3H3,(H,16,17)/b14-13+. The van der Waals surface area contributed by atoms with Crippen LogP contribution in [-0.2, 0) is 4.79 Å². The van der Waals surface area contributed by atoms with Crippen molar-refractivity contribution in [2.75, 3.05) is 13.6 Å². The van der Waals surface area contributed by atoms with E-state index in [1.165, 1.54) is 10.6 Å². The van der Waals surface area contributed by atoms with Crippen LogP contribution in [0.2, 0.25) is 0 Å². The van der Waals surface area contributed by atoms with Gasteiger partial charge in [0.05, 0.1) is 5.69 Å². The van der Waals surface area contributed by atoms with E-state index >= 15 is 0 Å². The summed E-state index contributed by atoms with van der Waals surface area (Å²) < 4.78 is 0. The summed E-state index contributed by atoms with van der Waals surface area (Å²) in [6.07, 6.45) is 0. The zero-order chi connectivity index (χ0) is 12.8. The smallest absolute Gasteiger partial charge is 0.324 e. The van der Waals surface area contributed by atoms with Crippen LogP contribution in [0.5, 0.6) is 0 Å². The molecule has 0 aliphatic carbocycles. The van der Waals surface area contributed by atoms with Crippen molar-refractivity contribution in [1.29, 1.82) is 0 Å². The topological polar surface area (TPSA) is 65.3 Å². The van der Waals surface area contributed by atoms with E-state index in [1.807, 2.05) is 24.3 Å². The van der Waals surface area contributed by atoms with Crippen molar-refractivity contribution in [3.05, 3.63) is 29.8 Å². The summed E-state index contributed by atoms with van der Waals surface area (Å²) in [5.74, 6) is -0.447. The quantitative estimate of drug-likeness (QED) is 0.630. The Morgan fingerprint density at radius 2 is 1.94 bits per heavy atom. The molecule has 1 N–H and O–H groups in total. The molecule has 0 aliphatic heterocycles. The van der Waals surface area contributed by atoms with Gasteiger partial charge in [-0.25, -0.2) is 0 Å². The molecule has 0 unspecified atom stereocenters. The van der Waals surface area contributed by atoms with Crippen molar-refractivity contribution in [2.24, 2.45) is 10.3 Å². The van der Waals surface area contributed by atoms with Gasteiger partial charge in [-0.05, 0) is 23.6 Å². The second-order valence-corrected chi connectivity index (χ2v) is 4.15. The molecule has 0 aliphatic rings. The van der Waals surface area contributed by atoms with Gasteiger partial charge in [-0.15, -0.1) is 5.11 Å². The first-order chi connectivity index (χ1) is 7.99. The van der Waals surface area contributed by atoms with Crippen LogP contribution in [0.15, 0.2) is 34.6 Å². The van der Waals surface area contributed by atoms with Crippen LogP contribution in [0.4, 0.5) is 5.69 Å². The number of hydrogen-bond donors (Lipinski definition) is 1. The minimum absolute atomic E-state index is 0.159. The molecule has 0 radical (unpaired) electrons. The molecule has 5 heteroatoms. The molecule has 0 saturated heterocycles. The Morgan fingerprint density at radius 3 is 2.41 bits per heavy atom. The van der Waals surface area contributed by atoms with Gasteiger partial charge in [0.15, 0.2) is 0 Å². The number of rotatable bonds is 5. The van der Waals surface area contributed by atoms with E-state index < -0.39 is 5.97 Å². The Labute approximate surface area is 101 Å². The third-order valence-electron chi connectivity index (χ3n) is 2.24. The zero-order valence-corrected chi connectivity index (χ0v) is 10.3. The van der Waals surface area contributed by atoms with Crippen molar-refractivity contribution >= 4 is 11.7 Å². The van der Waals surface area contributed by atoms with E-state index in [4.69, 9.17) is 5.11 Å². The summed E-state index contributed by atoms with van der Waals surface area (Å²) in [6, 6.07) is 7.73. The first kappa shape index (κ1) is 13.2. The molecular weight excluding hydrogens is 218 g/mol. The fourth-order valence-electron chi connectivity index (χ4n) is 1.28. The number of carbonyl (C=O) groups is 1. The molecule has 0 aromatic heterocycles. The van der Waals surface area contributed by atoms with Gasteiger partial charge in [-0.2, -0.15) is 0 Å². The summed E-state index contributed by atoms with van der Waals surface area (Å²) >= 11 is 0. The Balaban J connectivity index is 2.62. The number of benzene rings is 1. The van der Waals surface area contributed by atoms with E-state index in [-0.39, 0.29) is 6.54 Å². The van der Waals surface area contributed by atoms with Gasteiger partial charge in [0.2, 0.25) is 0 Å². The number of carboxylic acids is 1. The van der Waals surface area contributed by atoms with Crippen LogP contribution >= 0.6 is 0 Å². The lowest BCUT2D eigenvalue weighted by Gasteiger charge is -2.07. The van der Waals surface area contributed by atoms with Gasteiger partial charge in [-0.1, -0.05) is 31.2 Å². The Kier molecular flexibility index (Phi) is 4.63. The lowest BCUT2D eigenvalue weighted by molar-refractivity contribution is -0.138. The molecule has 0 saturated carbocycles. The maximum absolute atomic E-state index is 10.4. The highest BCUT2D eigenvalue weighted by atomic mass is 16.4. The Bertz CT molecular complexity index is 399. The predicted octanol–water partition coefficient (Wildman–Crippen LogP) is 2.83. The van der Waals surface area contributed by atoms with Crippen molar-refractivity contribution in [3.8, 4) is 0 Å². The monoisotopic (exact) mass is 235 g/mol. The molecule has 1 aromatic rings. The fourth-order valence-corrected chi connectivity index (χ4v) is 1.28. The maximum Gasteiger partial charge on any atom is 0.324 e. The molecule has 0 amide bonds. The third-order valence-corrected chi connectivity index (χ3v) is 2.24. The van der Waals surface area contributed by atoms with Gasteiger partial charge >= 0.3 is 5.97 Å². The maximum atomic E-state index is 10.4. The third kappa shape index (κ3) is 4.63. The summed E-state index contributed by atoms with van der Waals surface area (Å²) in [4.78, 5) is 10.4. The highest BCUT2D eigenvalue weighted by molar-refractivity contribution is 5.68. The first-order valence-corrected chi connectivity index (χ1v) is 5.43. The highest BCUT2D eigenvalue weighted by Gasteiger charge is 2.01. The minimum atomic E-state index is -0.929. The van der Waals surface area contributed by atoms with Gasteiger partial charge in [-0.3, -0.25) is 9.80 Å². The van der Waals surface area contributed by atoms with Crippen LogP contribution in [0.3, 0.4) is 0 Å². The van der Waals surface area contributed by atoms with Crippen LogP contribution in [0.25, 0.3) is 0 Å². The molecule has 0 atom stereocenters. The molecule has 1 aromatic carbocycles. The molecule has 0 spiro atoms. The summed E-state index contributed by atoms with van der Waals surface area (Å²) in [7, 11) is 1.57. The molecule has 5 nitrogen and oxygen atoms in total. The zero-order valence-electron chi connectivity index (χ0n) is 10.3. The highest BCUT2D eigenvalue weighted by Crippen LogP contribution is 2.19. The van der Waals surface area contributed by atoms with Gasteiger partial charge in [0.1, 0.15) is 6.54 Å². The van der Waals surface area contributed by atoms with Gasteiger partial charge in [0, 0.05) is 7.05 Å². The number of hydrogen-bond acceptors (Lipinski definition) is 3. The molecule has 0 bridgehead atoms. The summed E-state index contributed by atoms with van der Waals surface area (Å²) in [6.45, 7) is 4.09. The van der Waals surface area contributed by atoms with Crippen LogP contribution in [0.1, 0.15) is 25.3 Å². The fraction of sp³-hybridized carbons (Fsp3) is 0.417. The van der Waals surface area contributed by atoms with Crippen molar-refractivity contribution in [2.45, 2.75) is 19.8 Å². The Morgan fingerprint density at radius 1 is 1.35 bits per heavy atom. The molecule has 1 rings (SSSR count). The van der Waals surface area contributed by atoms with Gasteiger partial charge in [0.25, 0.3) is 0 Å². The minimum Gasteiger partial charge on any atom is -0.480 e. The lowest BCUT2D eigenvalue weighted by Crippen LogP contribution is -2.19. The summed E-state index contributed by atoms with van der Waals surface area (Å²) in [5, 5.41) is 17.5. The molecule has 0 fully saturated rings. The van der Waals surface area contributed by atoms with E-state index in [0.29, 0.717) is 11.6 Å². The second kappa shape index (κ2) is 5.98. The van der Waals surface area contributed by atoms with Crippen molar-refractivity contribution in [3.63, 3.8) is 0 Å². The van der Waals surface area contributed by atoms with E-state index in [0.717, 1.165) is 0 Å². The second-order valence-electron chi connectivity index (χ2n) is 4.15. The largest absolute Gasteiger partial charge is 0.480 e. The van der Waals surface area contributed by atoms with Crippen LogP contribution < -0.4 is 0 Å². The number of likely N-dealkylation sites (N-methyl/N-ethyl adjacent to an activating group) is 1. The lowest BCUT2D eigenvalue weighted by atomic mass is 10.0. The van der Waals surface area contributed by atoms with Crippen LogP contribution in [0, 0.1) is 0 Å². The molecular formula is C12H17N3O2. The Hall–Kier alpha value is -1.91. The number of nitrogens with zero attached hydrogens (tertiary/aromatic N) is 3. The predicted molar refractivity (Wildman–Crippen MR) is 65.3 cm³/mol.